The van der Waals surface area contributed by atoms with Crippen molar-refractivity contribution in [3.63, 3.8) is 0 Å². The van der Waals surface area contributed by atoms with Crippen molar-refractivity contribution in [1.82, 2.24) is 14.6 Å². The van der Waals surface area contributed by atoms with Gasteiger partial charge in [-0.2, -0.15) is 0 Å². The Morgan fingerprint density at radius 2 is 1.54 bits per heavy atom. The number of ether oxygens (including phenoxy) is 1. The molecule has 0 spiro atoms. The predicted octanol–water partition coefficient (Wildman–Crippen LogP) is 1.15. The summed E-state index contributed by atoms with van der Waals surface area (Å²) in [5, 5.41) is 42.9. The number of H-pyrrole nitrogens is 1. The molecule has 7 rings (SSSR count). The van der Waals surface area contributed by atoms with Gasteiger partial charge in [-0.1, -0.05) is 0 Å². The lowest BCUT2D eigenvalue weighted by atomic mass is 9.96. The first-order valence-electron chi connectivity index (χ1n) is 12.0. The van der Waals surface area contributed by atoms with E-state index in [1.54, 1.807) is 0 Å². The summed E-state index contributed by atoms with van der Waals surface area (Å²) in [6, 6.07) is 7.50. The van der Waals surface area contributed by atoms with Gasteiger partial charge in [-0.15, -0.1) is 0 Å². The Kier molecular flexibility index (Phi) is 4.95. The van der Waals surface area contributed by atoms with E-state index in [4.69, 9.17) is 10.6 Å². The van der Waals surface area contributed by atoms with Gasteiger partial charge in [0.25, 0.3) is 11.8 Å². The van der Waals surface area contributed by atoms with Crippen LogP contribution in [-0.4, -0.2) is 77.8 Å². The molecular formula is C26H20F2N4O7. The molecule has 0 bridgehead atoms. The third-order valence-corrected chi connectivity index (χ3v) is 7.70. The number of carbonyl (C=O) groups is 2. The molecule has 39 heavy (non-hydrogen) atoms. The van der Waals surface area contributed by atoms with Crippen molar-refractivity contribution in [2.45, 2.75) is 30.6 Å². The fourth-order valence-corrected chi connectivity index (χ4v) is 5.96. The van der Waals surface area contributed by atoms with Crippen molar-refractivity contribution in [1.29, 1.82) is 0 Å². The Labute approximate surface area is 216 Å². The molecule has 4 heterocycles. The molecule has 5 atom stereocenters. The average molecular weight is 538 g/mol. The summed E-state index contributed by atoms with van der Waals surface area (Å²) in [6.07, 6.45) is -7.84. The number of hydrazine groups is 1. The molecule has 13 heteroatoms. The van der Waals surface area contributed by atoms with Crippen LogP contribution >= 0.6 is 0 Å². The van der Waals surface area contributed by atoms with E-state index in [-0.39, 0.29) is 49.2 Å². The Balaban J connectivity index is 1.73. The van der Waals surface area contributed by atoms with Crippen molar-refractivity contribution in [3.05, 3.63) is 59.2 Å². The highest BCUT2D eigenvalue weighted by Crippen LogP contribution is 2.47. The van der Waals surface area contributed by atoms with Gasteiger partial charge in [-0.05, 0) is 36.4 Å². The highest BCUT2D eigenvalue weighted by Gasteiger charge is 2.47. The molecule has 0 aliphatic carbocycles. The largest absolute Gasteiger partial charge is 0.394 e. The highest BCUT2D eigenvalue weighted by atomic mass is 19.1. The Bertz CT molecular complexity index is 1900. The smallest absolute Gasteiger partial charge is 0.276 e. The molecule has 5 unspecified atom stereocenters. The summed E-state index contributed by atoms with van der Waals surface area (Å²) in [5.41, 5.74) is 0.809. The number of rotatable bonds is 2. The molecule has 200 valence electrons. The van der Waals surface area contributed by atoms with Crippen molar-refractivity contribution < 1.29 is 43.5 Å². The van der Waals surface area contributed by atoms with Crippen LogP contribution in [0.4, 0.5) is 8.78 Å². The Hall–Kier alpha value is -3.98. The molecule has 0 radical (unpaired) electrons. The number of aromatic amines is 1. The second-order valence-electron chi connectivity index (χ2n) is 9.77. The number of aliphatic hydroxyl groups is 4. The molecule has 3 aromatic carbocycles. The molecule has 7 N–H and O–H groups in total. The summed E-state index contributed by atoms with van der Waals surface area (Å²) in [5.74, 6) is 2.86. The number of benzene rings is 3. The number of nitrogens with zero attached hydrogens (tertiary/aromatic N) is 2. The molecule has 1 saturated heterocycles. The topological polar surface area (TPSA) is 174 Å². The van der Waals surface area contributed by atoms with E-state index < -0.39 is 60.7 Å². The molecule has 11 nitrogen and oxygen atoms in total. The maximum atomic E-state index is 14.6. The summed E-state index contributed by atoms with van der Waals surface area (Å²) >= 11 is 0. The molecule has 0 saturated carbocycles. The first-order chi connectivity index (χ1) is 18.6. The van der Waals surface area contributed by atoms with Crippen molar-refractivity contribution in [3.8, 4) is 0 Å². The zero-order valence-electron chi connectivity index (χ0n) is 19.8. The van der Waals surface area contributed by atoms with Gasteiger partial charge >= 0.3 is 0 Å². The maximum absolute atomic E-state index is 14.6. The van der Waals surface area contributed by atoms with Gasteiger partial charge in [0.15, 0.2) is 6.23 Å². The quantitative estimate of drug-likeness (QED) is 0.110. The van der Waals surface area contributed by atoms with Crippen LogP contribution in [0.2, 0.25) is 0 Å². The zero-order valence-corrected chi connectivity index (χ0v) is 19.8. The van der Waals surface area contributed by atoms with E-state index >= 15 is 0 Å². The molecule has 2 aromatic heterocycles. The van der Waals surface area contributed by atoms with Crippen LogP contribution in [-0.2, 0) is 4.74 Å². The predicted molar refractivity (Wildman–Crippen MR) is 132 cm³/mol. The van der Waals surface area contributed by atoms with Gasteiger partial charge < -0.3 is 34.7 Å². The number of imide groups is 1. The standard InChI is InChI=1S/C26H20F2N4O7/c27-8-1-3-12-10(5-8)15-17-18(25(38)32(29)24(17)37)16-11-6-9(28)2-4-13(11)31(20(16)19(15)30-12)26-23(36)22(35)21(34)14(7-33)39-26/h1-6,14,21-23,26,30,33-36H,7,29H2. The normalized spacial score (nSPS) is 25.6. The number of nitrogens with one attached hydrogen (secondary N) is 1. The van der Waals surface area contributed by atoms with E-state index in [0.29, 0.717) is 10.5 Å². The van der Waals surface area contributed by atoms with Gasteiger partial charge in [0, 0.05) is 27.1 Å². The summed E-state index contributed by atoms with van der Waals surface area (Å²) < 4.78 is 36.2. The number of hydrogen-bond donors (Lipinski definition) is 6. The van der Waals surface area contributed by atoms with E-state index in [0.717, 1.165) is 12.1 Å². The molecule has 5 aromatic rings. The van der Waals surface area contributed by atoms with E-state index in [9.17, 15) is 38.8 Å². The zero-order chi connectivity index (χ0) is 27.5. The molecule has 2 amide bonds. The summed E-state index contributed by atoms with van der Waals surface area (Å²) in [6.45, 7) is -0.696. The van der Waals surface area contributed by atoms with Gasteiger partial charge in [-0.25, -0.2) is 19.6 Å². The van der Waals surface area contributed by atoms with Gasteiger partial charge in [-0.3, -0.25) is 9.59 Å². The molecule has 2 aliphatic rings. The number of fused-ring (bicyclic) bond motifs is 10. The van der Waals surface area contributed by atoms with Crippen LogP contribution in [0, 0.1) is 11.6 Å². The number of hydrogen-bond acceptors (Lipinski definition) is 8. The highest BCUT2D eigenvalue weighted by molar-refractivity contribution is 6.39. The van der Waals surface area contributed by atoms with Crippen LogP contribution in [0.5, 0.6) is 0 Å². The molecular weight excluding hydrogens is 518 g/mol. The number of aromatic nitrogens is 2. The van der Waals surface area contributed by atoms with Crippen LogP contribution < -0.4 is 5.84 Å². The van der Waals surface area contributed by atoms with E-state index in [1.165, 1.54) is 28.8 Å². The first kappa shape index (κ1) is 24.1. The second kappa shape index (κ2) is 8.02. The average Bonchev–Trinajstić information content (AvgIpc) is 3.52. The van der Waals surface area contributed by atoms with Crippen LogP contribution in [0.1, 0.15) is 26.9 Å². The van der Waals surface area contributed by atoms with E-state index in [2.05, 4.69) is 4.98 Å². The maximum Gasteiger partial charge on any atom is 0.276 e. The number of carbonyl (C=O) groups excluding carboxylic acids is 2. The first-order valence-corrected chi connectivity index (χ1v) is 12.0. The number of amides is 2. The van der Waals surface area contributed by atoms with Gasteiger partial charge in [0.1, 0.15) is 36.1 Å². The number of aliphatic hydroxyl groups excluding tert-OH is 4. The van der Waals surface area contributed by atoms with Crippen molar-refractivity contribution >= 4 is 55.4 Å². The minimum atomic E-state index is -1.74. The van der Waals surface area contributed by atoms with Gasteiger partial charge in [0.05, 0.1) is 34.3 Å². The lowest BCUT2D eigenvalue weighted by molar-refractivity contribution is -0.249. The number of halogens is 2. The van der Waals surface area contributed by atoms with Crippen molar-refractivity contribution in [2.24, 2.45) is 5.84 Å². The molecule has 1 fully saturated rings. The lowest BCUT2D eigenvalue weighted by Gasteiger charge is -2.41. The lowest BCUT2D eigenvalue weighted by Crippen LogP contribution is -2.56. The minimum absolute atomic E-state index is 0.0982. The van der Waals surface area contributed by atoms with Crippen LogP contribution in [0.15, 0.2) is 36.4 Å². The van der Waals surface area contributed by atoms with Crippen molar-refractivity contribution in [2.75, 3.05) is 6.61 Å². The van der Waals surface area contributed by atoms with E-state index in [1.807, 2.05) is 0 Å². The summed E-state index contributed by atoms with van der Waals surface area (Å²) in [7, 11) is 0. The van der Waals surface area contributed by atoms with Crippen LogP contribution in [0.3, 0.4) is 0 Å². The third-order valence-electron chi connectivity index (χ3n) is 7.70. The minimum Gasteiger partial charge on any atom is -0.394 e. The second-order valence-corrected chi connectivity index (χ2v) is 9.77. The third kappa shape index (κ3) is 2.99. The fraction of sp³-hybridized carbons (Fsp3) is 0.231. The fourth-order valence-electron chi connectivity index (χ4n) is 5.96. The summed E-state index contributed by atoms with van der Waals surface area (Å²) in [4.78, 5) is 29.8. The monoisotopic (exact) mass is 538 g/mol. The number of nitrogens with two attached hydrogens (primary N) is 1. The SMILES string of the molecule is NN1C(=O)c2c(c3c4cc(F)ccc4n(C4OC(CO)C(O)C(O)C4O)c3c3[nH]c4ccc(F)cc4c23)C1=O. The molecule has 2 aliphatic heterocycles. The Morgan fingerprint density at radius 1 is 0.897 bits per heavy atom. The van der Waals surface area contributed by atoms with Gasteiger partial charge in [0.2, 0.25) is 0 Å². The Morgan fingerprint density at radius 3 is 2.23 bits per heavy atom. The van der Waals surface area contributed by atoms with Crippen LogP contribution in [0.25, 0.3) is 43.6 Å².